The molecule has 3 heteroatoms. The van der Waals surface area contributed by atoms with Crippen molar-refractivity contribution >= 4 is 10.9 Å². The molecule has 0 aliphatic heterocycles. The van der Waals surface area contributed by atoms with Gasteiger partial charge in [0.1, 0.15) is 18.1 Å². The van der Waals surface area contributed by atoms with E-state index in [1.807, 2.05) is 36.4 Å². The van der Waals surface area contributed by atoms with Crippen molar-refractivity contribution in [2.45, 2.75) is 33.4 Å². The summed E-state index contributed by atoms with van der Waals surface area (Å²) < 4.78 is 8.05. The topological polar surface area (TPSA) is 34.4 Å². The normalized spacial score (nSPS) is 11.3. The van der Waals surface area contributed by atoms with E-state index in [1.165, 1.54) is 5.56 Å². The maximum Gasteiger partial charge on any atom is 0.125 e. The standard InChI is InChI=1S/C19H21NO2/c1-13(2)20-11-15(19-17(20)5-4-6-18(19)21)12-22-16-9-7-14(3)8-10-16/h4-11,13,21H,12H2,1-3H3. The fourth-order valence-electron chi connectivity index (χ4n) is 2.71. The molecule has 0 bridgehead atoms. The van der Waals surface area contributed by atoms with Gasteiger partial charge in [0.25, 0.3) is 0 Å². The molecule has 0 atom stereocenters. The Morgan fingerprint density at radius 2 is 1.82 bits per heavy atom. The van der Waals surface area contributed by atoms with Crippen LogP contribution in [0.1, 0.15) is 31.0 Å². The molecule has 2 aromatic carbocycles. The predicted molar refractivity (Wildman–Crippen MR) is 89.5 cm³/mol. The Kier molecular flexibility index (Phi) is 3.80. The number of fused-ring (bicyclic) bond motifs is 1. The lowest BCUT2D eigenvalue weighted by atomic mass is 10.1. The number of aryl methyl sites for hydroxylation is 1. The highest BCUT2D eigenvalue weighted by Gasteiger charge is 2.14. The Bertz CT molecular complexity index is 785. The van der Waals surface area contributed by atoms with E-state index in [4.69, 9.17) is 4.74 Å². The molecular weight excluding hydrogens is 274 g/mol. The second kappa shape index (κ2) is 5.76. The van der Waals surface area contributed by atoms with E-state index < -0.39 is 0 Å². The number of hydrogen-bond acceptors (Lipinski definition) is 2. The molecule has 3 nitrogen and oxygen atoms in total. The van der Waals surface area contributed by atoms with Gasteiger partial charge in [0.15, 0.2) is 0 Å². The minimum absolute atomic E-state index is 0.305. The quantitative estimate of drug-likeness (QED) is 0.749. The first-order valence-corrected chi connectivity index (χ1v) is 7.57. The fraction of sp³-hybridized carbons (Fsp3) is 0.263. The van der Waals surface area contributed by atoms with Crippen LogP contribution in [0.5, 0.6) is 11.5 Å². The van der Waals surface area contributed by atoms with Gasteiger partial charge in [-0.15, -0.1) is 0 Å². The van der Waals surface area contributed by atoms with E-state index in [9.17, 15) is 5.11 Å². The highest BCUT2D eigenvalue weighted by Crippen LogP contribution is 2.32. The van der Waals surface area contributed by atoms with Crippen molar-refractivity contribution in [2.75, 3.05) is 0 Å². The summed E-state index contributed by atoms with van der Waals surface area (Å²) in [6.07, 6.45) is 2.07. The lowest BCUT2D eigenvalue weighted by molar-refractivity contribution is 0.307. The monoisotopic (exact) mass is 295 g/mol. The van der Waals surface area contributed by atoms with Crippen LogP contribution in [0, 0.1) is 6.92 Å². The molecule has 0 radical (unpaired) electrons. The molecule has 0 aliphatic rings. The number of phenols is 1. The zero-order valence-corrected chi connectivity index (χ0v) is 13.2. The molecule has 22 heavy (non-hydrogen) atoms. The third-order valence-electron chi connectivity index (χ3n) is 3.89. The molecule has 0 unspecified atom stereocenters. The number of rotatable bonds is 4. The van der Waals surface area contributed by atoms with Crippen LogP contribution >= 0.6 is 0 Å². The summed E-state index contributed by atoms with van der Waals surface area (Å²) in [5, 5.41) is 11.1. The SMILES string of the molecule is Cc1ccc(OCc2cn(C(C)C)c3cccc(O)c23)cc1. The second-order valence-electron chi connectivity index (χ2n) is 5.93. The number of hydrogen-bond donors (Lipinski definition) is 1. The molecule has 0 fully saturated rings. The predicted octanol–water partition coefficient (Wildman–Crippen LogP) is 4.82. The zero-order chi connectivity index (χ0) is 15.7. The maximum absolute atomic E-state index is 10.2. The first-order valence-electron chi connectivity index (χ1n) is 7.57. The van der Waals surface area contributed by atoms with E-state index >= 15 is 0 Å². The van der Waals surface area contributed by atoms with Gasteiger partial charge in [-0.3, -0.25) is 0 Å². The van der Waals surface area contributed by atoms with Gasteiger partial charge in [-0.2, -0.15) is 0 Å². The van der Waals surface area contributed by atoms with Crippen LogP contribution in [0.25, 0.3) is 10.9 Å². The van der Waals surface area contributed by atoms with Crippen LogP contribution < -0.4 is 4.74 Å². The highest BCUT2D eigenvalue weighted by molar-refractivity contribution is 5.89. The smallest absolute Gasteiger partial charge is 0.125 e. The van der Waals surface area contributed by atoms with Gasteiger partial charge in [-0.05, 0) is 45.0 Å². The summed E-state index contributed by atoms with van der Waals surface area (Å²) in [6, 6.07) is 14.0. The Morgan fingerprint density at radius 3 is 2.50 bits per heavy atom. The summed E-state index contributed by atoms with van der Waals surface area (Å²) >= 11 is 0. The molecule has 0 spiro atoms. The summed E-state index contributed by atoms with van der Waals surface area (Å²) in [5.74, 6) is 1.14. The van der Waals surface area contributed by atoms with Gasteiger partial charge in [0.05, 0.1) is 5.52 Å². The van der Waals surface area contributed by atoms with E-state index in [0.29, 0.717) is 18.4 Å². The van der Waals surface area contributed by atoms with E-state index in [1.54, 1.807) is 6.07 Å². The highest BCUT2D eigenvalue weighted by atomic mass is 16.5. The number of phenolic OH excluding ortho intramolecular Hbond substituents is 1. The number of aromatic nitrogens is 1. The fourth-order valence-corrected chi connectivity index (χ4v) is 2.71. The Balaban J connectivity index is 1.94. The molecule has 1 aromatic heterocycles. The molecule has 0 saturated carbocycles. The van der Waals surface area contributed by atoms with Gasteiger partial charge < -0.3 is 14.4 Å². The minimum Gasteiger partial charge on any atom is -0.507 e. The van der Waals surface area contributed by atoms with Crippen molar-refractivity contribution in [2.24, 2.45) is 0 Å². The number of aromatic hydroxyl groups is 1. The Hall–Kier alpha value is -2.42. The Morgan fingerprint density at radius 1 is 1.09 bits per heavy atom. The molecule has 1 heterocycles. The van der Waals surface area contributed by atoms with E-state index in [2.05, 4.69) is 31.5 Å². The lowest BCUT2D eigenvalue weighted by Crippen LogP contribution is -1.98. The van der Waals surface area contributed by atoms with Crippen LogP contribution in [0.2, 0.25) is 0 Å². The van der Waals surface area contributed by atoms with Crippen molar-refractivity contribution in [3.8, 4) is 11.5 Å². The van der Waals surface area contributed by atoms with Crippen molar-refractivity contribution in [1.29, 1.82) is 0 Å². The molecule has 3 aromatic rings. The lowest BCUT2D eigenvalue weighted by Gasteiger charge is -2.08. The maximum atomic E-state index is 10.2. The summed E-state index contributed by atoms with van der Waals surface area (Å²) in [5.41, 5.74) is 3.25. The molecule has 0 saturated heterocycles. The van der Waals surface area contributed by atoms with Crippen molar-refractivity contribution < 1.29 is 9.84 Å². The van der Waals surface area contributed by atoms with Crippen molar-refractivity contribution in [3.05, 3.63) is 59.8 Å². The number of benzene rings is 2. The number of ether oxygens (including phenoxy) is 1. The third-order valence-corrected chi connectivity index (χ3v) is 3.89. The molecule has 114 valence electrons. The molecular formula is C19H21NO2. The summed E-state index contributed by atoms with van der Waals surface area (Å²) in [6.45, 7) is 6.76. The first-order chi connectivity index (χ1) is 10.6. The largest absolute Gasteiger partial charge is 0.507 e. The average Bonchev–Trinajstić information content (AvgIpc) is 2.87. The van der Waals surface area contributed by atoms with Crippen LogP contribution in [0.3, 0.4) is 0 Å². The Labute approximate surface area is 130 Å². The van der Waals surface area contributed by atoms with E-state index in [0.717, 1.165) is 22.2 Å². The molecule has 0 aliphatic carbocycles. The minimum atomic E-state index is 0.305. The van der Waals surface area contributed by atoms with Crippen LogP contribution in [0.4, 0.5) is 0 Å². The van der Waals surface area contributed by atoms with Crippen LogP contribution in [-0.2, 0) is 6.61 Å². The van der Waals surface area contributed by atoms with Gasteiger partial charge in [0.2, 0.25) is 0 Å². The molecule has 0 amide bonds. The number of nitrogens with zero attached hydrogens (tertiary/aromatic N) is 1. The second-order valence-corrected chi connectivity index (χ2v) is 5.93. The zero-order valence-electron chi connectivity index (χ0n) is 13.2. The van der Waals surface area contributed by atoms with Crippen molar-refractivity contribution in [3.63, 3.8) is 0 Å². The van der Waals surface area contributed by atoms with E-state index in [-0.39, 0.29) is 0 Å². The van der Waals surface area contributed by atoms with Crippen LogP contribution in [-0.4, -0.2) is 9.67 Å². The summed E-state index contributed by atoms with van der Waals surface area (Å²) in [4.78, 5) is 0. The first kappa shape index (κ1) is 14.5. The van der Waals surface area contributed by atoms with Gasteiger partial charge >= 0.3 is 0 Å². The van der Waals surface area contributed by atoms with Crippen LogP contribution in [0.15, 0.2) is 48.7 Å². The van der Waals surface area contributed by atoms with Gasteiger partial charge in [-0.25, -0.2) is 0 Å². The average molecular weight is 295 g/mol. The van der Waals surface area contributed by atoms with Gasteiger partial charge in [0, 0.05) is 23.2 Å². The molecule has 3 rings (SSSR count). The van der Waals surface area contributed by atoms with Gasteiger partial charge in [-0.1, -0.05) is 23.8 Å². The molecule has 1 N–H and O–H groups in total. The summed E-state index contributed by atoms with van der Waals surface area (Å²) in [7, 11) is 0. The third kappa shape index (κ3) is 2.67. The van der Waals surface area contributed by atoms with Crippen molar-refractivity contribution in [1.82, 2.24) is 4.57 Å².